The van der Waals surface area contributed by atoms with Crippen LogP contribution in [0, 0.1) is 23.3 Å². The number of aromatic nitrogens is 6. The average molecular weight is 871 g/mol. The third-order valence-corrected chi connectivity index (χ3v) is 10.2. The van der Waals surface area contributed by atoms with E-state index in [-0.39, 0.29) is 48.3 Å². The molecular weight excluding hydrogens is 833 g/mol. The van der Waals surface area contributed by atoms with Crippen LogP contribution in [0.2, 0.25) is 0 Å². The Morgan fingerprint density at radius 1 is 0.531 bits per heavy atom. The number of halogens is 4. The number of azo groups is 2. The number of fused-ring (bicyclic) bond motifs is 1. The number of ether oxygens (including phenoxy) is 2. The Hall–Kier alpha value is -7.58. The molecule has 5 aromatic carbocycles. The van der Waals surface area contributed by atoms with Gasteiger partial charge in [-0.25, -0.2) is 17.6 Å². The van der Waals surface area contributed by atoms with E-state index in [1.54, 1.807) is 24.3 Å². The van der Waals surface area contributed by atoms with Crippen LogP contribution < -0.4 is 20.4 Å². The average Bonchev–Trinajstić information content (AvgIpc) is 3.31. The number of nitrogens with one attached hydrogen (secondary N) is 2. The molecule has 0 atom stereocenters. The summed E-state index contributed by atoms with van der Waals surface area (Å²) in [4.78, 5) is 30.8. The van der Waals surface area contributed by atoms with Crippen molar-refractivity contribution in [1.29, 1.82) is 0 Å². The van der Waals surface area contributed by atoms with E-state index in [1.807, 2.05) is 46.2 Å². The number of benzene rings is 5. The van der Waals surface area contributed by atoms with E-state index < -0.39 is 17.5 Å². The van der Waals surface area contributed by atoms with Gasteiger partial charge in [-0.1, -0.05) is 30.3 Å². The molecular formula is C44H38F4N14O2. The molecule has 2 N–H and O–H groups in total. The Labute approximate surface area is 363 Å². The van der Waals surface area contributed by atoms with Crippen LogP contribution in [-0.2, 0) is 22.6 Å². The largest absolute Gasteiger partial charge is 0.378 e. The summed E-state index contributed by atoms with van der Waals surface area (Å²) >= 11 is 0. The van der Waals surface area contributed by atoms with Crippen LogP contribution in [-0.4, -0.2) is 82.5 Å². The van der Waals surface area contributed by atoms with Gasteiger partial charge in [-0.15, -0.1) is 10.2 Å². The molecule has 2 aliphatic rings. The van der Waals surface area contributed by atoms with Crippen molar-refractivity contribution in [2.24, 2.45) is 20.5 Å². The Morgan fingerprint density at radius 2 is 1.09 bits per heavy atom. The van der Waals surface area contributed by atoms with Crippen molar-refractivity contribution in [2.45, 2.75) is 13.1 Å². The molecule has 2 saturated heterocycles. The monoisotopic (exact) mass is 870 g/mol. The summed E-state index contributed by atoms with van der Waals surface area (Å²) in [5.74, 6) is -1.17. The van der Waals surface area contributed by atoms with Gasteiger partial charge in [-0.3, -0.25) is 0 Å². The second-order valence-corrected chi connectivity index (χ2v) is 14.6. The lowest BCUT2D eigenvalue weighted by molar-refractivity contribution is 0.122. The Morgan fingerprint density at radius 3 is 1.73 bits per heavy atom. The molecule has 0 bridgehead atoms. The first-order valence-corrected chi connectivity index (χ1v) is 20.3. The van der Waals surface area contributed by atoms with Crippen LogP contribution in [0.3, 0.4) is 0 Å². The van der Waals surface area contributed by atoms with E-state index in [1.165, 1.54) is 24.3 Å². The summed E-state index contributed by atoms with van der Waals surface area (Å²) in [6, 6.07) is 25.4. The fourth-order valence-electron chi connectivity index (χ4n) is 6.93. The number of morpholine rings is 2. The molecule has 9 rings (SSSR count). The number of nitrogens with zero attached hydrogens (tertiary/aromatic N) is 12. The highest BCUT2D eigenvalue weighted by Crippen LogP contribution is 2.31. The van der Waals surface area contributed by atoms with Crippen LogP contribution in [0.4, 0.5) is 64.6 Å². The van der Waals surface area contributed by atoms with Crippen molar-refractivity contribution in [3.05, 3.63) is 131 Å². The van der Waals surface area contributed by atoms with Gasteiger partial charge < -0.3 is 29.9 Å². The quantitative estimate of drug-likeness (QED) is 0.0832. The Bertz CT molecular complexity index is 2820. The van der Waals surface area contributed by atoms with Crippen LogP contribution in [0.25, 0.3) is 21.9 Å². The zero-order valence-corrected chi connectivity index (χ0v) is 34.0. The van der Waals surface area contributed by atoms with Gasteiger partial charge in [-0.2, -0.15) is 40.1 Å². The van der Waals surface area contributed by atoms with Crippen LogP contribution in [0.5, 0.6) is 0 Å². The van der Waals surface area contributed by atoms with E-state index >= 15 is 4.39 Å². The molecule has 16 nitrogen and oxygen atoms in total. The van der Waals surface area contributed by atoms with Crippen molar-refractivity contribution >= 4 is 57.8 Å². The van der Waals surface area contributed by atoms with Crippen LogP contribution in [0.1, 0.15) is 11.1 Å². The first kappa shape index (κ1) is 41.8. The highest BCUT2D eigenvalue weighted by Gasteiger charge is 2.19. The Balaban J connectivity index is 0.914. The molecule has 2 aromatic heterocycles. The van der Waals surface area contributed by atoms with Crippen molar-refractivity contribution in [2.75, 3.05) is 73.0 Å². The normalized spacial score (nSPS) is 14.5. The third kappa shape index (κ3) is 10.2. The predicted molar refractivity (Wildman–Crippen MR) is 231 cm³/mol. The van der Waals surface area contributed by atoms with Gasteiger partial charge in [0.1, 0.15) is 23.3 Å². The van der Waals surface area contributed by atoms with E-state index in [0.717, 1.165) is 28.5 Å². The Kier molecular flexibility index (Phi) is 12.5. The minimum atomic E-state index is -0.738. The molecule has 0 saturated carbocycles. The van der Waals surface area contributed by atoms with Crippen molar-refractivity contribution in [3.8, 4) is 11.1 Å². The summed E-state index contributed by atoms with van der Waals surface area (Å²) in [5, 5.41) is 24.7. The lowest BCUT2D eigenvalue weighted by Crippen LogP contribution is -2.37. The summed E-state index contributed by atoms with van der Waals surface area (Å²) in [7, 11) is 0. The minimum absolute atomic E-state index is 0.0815. The smallest absolute Gasteiger partial charge is 0.275 e. The molecule has 0 aliphatic carbocycles. The van der Waals surface area contributed by atoms with E-state index in [4.69, 9.17) is 9.47 Å². The predicted octanol–water partition coefficient (Wildman–Crippen LogP) is 9.16. The van der Waals surface area contributed by atoms with Gasteiger partial charge in [0.05, 0.1) is 39.5 Å². The number of rotatable bonds is 13. The number of hydrogen-bond acceptors (Lipinski definition) is 16. The fourth-order valence-corrected chi connectivity index (χ4v) is 6.93. The summed E-state index contributed by atoms with van der Waals surface area (Å²) in [6.45, 7) is 4.12. The zero-order chi connectivity index (χ0) is 43.8. The number of hydrogen-bond donors (Lipinski definition) is 2. The van der Waals surface area contributed by atoms with Gasteiger partial charge in [0, 0.05) is 48.7 Å². The highest BCUT2D eigenvalue weighted by molar-refractivity contribution is 5.88. The maximum Gasteiger partial charge on any atom is 0.275 e. The van der Waals surface area contributed by atoms with E-state index in [9.17, 15) is 13.2 Å². The molecule has 4 heterocycles. The lowest BCUT2D eigenvalue weighted by Gasteiger charge is -2.26. The fraction of sp³-hybridized carbons (Fsp3) is 0.227. The standard InChI is InChI=1S/C44H38F4N14O2/c45-31-8-10-32(11-9-31)51-39-53-41(57-43(55-39)61-14-18-63-19-15-61)59-49-25-27-4-5-29-23-30(7-6-28(29)22-27)34-24-33(12-13-38(34)48)52-40-54-42(58-44(56-40)62-16-20-64-21-17-62)60-50-26-35-36(46)2-1-3-37(35)47/h1-13,22-24H,14-21,25-26H2,(H,51,53,55,57)(H,52,54,56,58). The van der Waals surface area contributed by atoms with Crippen molar-refractivity contribution in [1.82, 2.24) is 29.9 Å². The van der Waals surface area contributed by atoms with E-state index in [0.29, 0.717) is 87.0 Å². The zero-order valence-electron chi connectivity index (χ0n) is 34.0. The summed E-state index contributed by atoms with van der Waals surface area (Å²) in [6.07, 6.45) is 0. The molecule has 7 aromatic rings. The van der Waals surface area contributed by atoms with Crippen molar-refractivity contribution in [3.63, 3.8) is 0 Å². The maximum absolute atomic E-state index is 15.5. The molecule has 2 fully saturated rings. The molecule has 20 heteroatoms. The second kappa shape index (κ2) is 19.2. The SMILES string of the molecule is Fc1ccc(Nc2nc(N=NCc3ccc4cc(-c5cc(Nc6nc(N=NCc7c(F)cccc7F)nc(N7CCOCC7)n6)ccc5F)ccc4c3)nc(N3CCOCC3)n2)cc1. The first-order valence-electron chi connectivity index (χ1n) is 20.3. The molecule has 0 unspecified atom stereocenters. The van der Waals surface area contributed by atoms with Crippen LogP contribution >= 0.6 is 0 Å². The third-order valence-electron chi connectivity index (χ3n) is 10.2. The molecule has 0 radical (unpaired) electrons. The topological polar surface area (TPSA) is 176 Å². The van der Waals surface area contributed by atoms with Crippen molar-refractivity contribution < 1.29 is 27.0 Å². The molecule has 0 spiro atoms. The van der Waals surface area contributed by atoms with Crippen LogP contribution in [0.15, 0.2) is 118 Å². The van der Waals surface area contributed by atoms with Gasteiger partial charge >= 0.3 is 0 Å². The molecule has 0 amide bonds. The second-order valence-electron chi connectivity index (χ2n) is 14.6. The first-order chi connectivity index (χ1) is 31.3. The van der Waals surface area contributed by atoms with Gasteiger partial charge in [0.15, 0.2) is 0 Å². The summed E-state index contributed by atoms with van der Waals surface area (Å²) in [5.41, 5.74) is 2.70. The van der Waals surface area contributed by atoms with Gasteiger partial charge in [0.25, 0.3) is 11.9 Å². The molecule has 2 aliphatic heterocycles. The minimum Gasteiger partial charge on any atom is -0.378 e. The highest BCUT2D eigenvalue weighted by atomic mass is 19.1. The lowest BCUT2D eigenvalue weighted by atomic mass is 9.99. The maximum atomic E-state index is 15.5. The van der Waals surface area contributed by atoms with Gasteiger partial charge in [0.2, 0.25) is 23.8 Å². The number of anilines is 6. The van der Waals surface area contributed by atoms with Gasteiger partial charge in [-0.05, 0) is 88.6 Å². The van der Waals surface area contributed by atoms with E-state index in [2.05, 4.69) is 61.0 Å². The summed E-state index contributed by atoms with van der Waals surface area (Å²) < 4.78 is 68.4. The molecule has 64 heavy (non-hydrogen) atoms. The molecule has 324 valence electrons.